The highest BCUT2D eigenvalue weighted by atomic mass is 16.5. The van der Waals surface area contributed by atoms with E-state index in [2.05, 4.69) is 9.97 Å². The zero-order valence-electron chi connectivity index (χ0n) is 18.5. The number of H-pyrrole nitrogens is 1. The van der Waals surface area contributed by atoms with Crippen molar-refractivity contribution in [2.24, 2.45) is 0 Å². The van der Waals surface area contributed by atoms with Gasteiger partial charge < -0.3 is 14.2 Å². The molecule has 0 unspecified atom stereocenters. The van der Waals surface area contributed by atoms with E-state index in [4.69, 9.17) is 14.2 Å². The number of carbonyl (C=O) groups excluding carboxylic acids is 1. The summed E-state index contributed by atoms with van der Waals surface area (Å²) < 4.78 is 17.8. The molecule has 4 rings (SSSR count). The van der Waals surface area contributed by atoms with E-state index in [1.54, 1.807) is 0 Å². The minimum Gasteiger partial charge on any atom is -0.493 e. The van der Waals surface area contributed by atoms with Gasteiger partial charge in [-0.25, -0.2) is 9.78 Å². The largest absolute Gasteiger partial charge is 0.493 e. The van der Waals surface area contributed by atoms with Gasteiger partial charge in [0, 0.05) is 24.7 Å². The topological polar surface area (TPSA) is 113 Å². The smallest absolute Gasteiger partial charge is 0.329 e. The van der Waals surface area contributed by atoms with Gasteiger partial charge in [-0.2, -0.15) is 0 Å². The fourth-order valence-corrected chi connectivity index (χ4v) is 4.41. The highest BCUT2D eigenvalue weighted by molar-refractivity contribution is 6.02. The van der Waals surface area contributed by atoms with Crippen LogP contribution in [0.5, 0.6) is 17.2 Å². The number of rotatable bonds is 6. The van der Waals surface area contributed by atoms with Gasteiger partial charge in [-0.05, 0) is 42.0 Å². The summed E-state index contributed by atoms with van der Waals surface area (Å²) in [5.41, 5.74) is 1.14. The zero-order valence-corrected chi connectivity index (χ0v) is 18.5. The Morgan fingerprint density at radius 1 is 1.06 bits per heavy atom. The Balaban J connectivity index is 1.90. The van der Waals surface area contributed by atoms with Crippen molar-refractivity contribution in [3.8, 4) is 17.2 Å². The first-order valence-corrected chi connectivity index (χ1v) is 10.4. The van der Waals surface area contributed by atoms with Crippen LogP contribution < -0.4 is 25.5 Å². The molecule has 1 atom stereocenters. The third kappa shape index (κ3) is 3.43. The first kappa shape index (κ1) is 21.6. The van der Waals surface area contributed by atoms with Crippen LogP contribution >= 0.6 is 0 Å². The fraction of sp³-hybridized carbons (Fsp3) is 0.391. The second-order valence-corrected chi connectivity index (χ2v) is 7.75. The van der Waals surface area contributed by atoms with E-state index in [0.717, 1.165) is 5.56 Å². The molecule has 1 N–H and O–H groups in total. The Bertz CT molecular complexity index is 1300. The Morgan fingerprint density at radius 2 is 1.75 bits per heavy atom. The standard InChI is InChI=1S/C23H25N3O6/c1-5-6-26-21-19(22(28)25-23(26)29)14-7-12(8-16(27)15(14)11-24-21)13-9-17(30-2)20(32-4)18(10-13)31-3/h9-12H,5-8H2,1-4H3,(H,25,28,29)/t12-/m0/s1. The lowest BCUT2D eigenvalue weighted by molar-refractivity contribution is 0.0964. The summed E-state index contributed by atoms with van der Waals surface area (Å²) in [6, 6.07) is 3.65. The molecule has 0 saturated heterocycles. The molecule has 168 valence electrons. The third-order valence-corrected chi connectivity index (χ3v) is 5.90. The molecule has 2 aromatic heterocycles. The minimum absolute atomic E-state index is 0.105. The summed E-state index contributed by atoms with van der Waals surface area (Å²) in [7, 11) is 4.60. The molecule has 9 heteroatoms. The average Bonchev–Trinajstić information content (AvgIpc) is 2.79. The normalized spacial score (nSPS) is 15.5. The summed E-state index contributed by atoms with van der Waals surface area (Å²) in [6.45, 7) is 2.36. The van der Waals surface area contributed by atoms with E-state index in [1.165, 1.54) is 32.1 Å². The predicted molar refractivity (Wildman–Crippen MR) is 118 cm³/mol. The summed E-state index contributed by atoms with van der Waals surface area (Å²) >= 11 is 0. The number of aryl methyl sites for hydroxylation is 1. The van der Waals surface area contributed by atoms with E-state index >= 15 is 0 Å². The number of ketones is 1. The number of methoxy groups -OCH3 is 3. The molecule has 1 aliphatic rings. The maximum atomic E-state index is 13.0. The molecule has 9 nitrogen and oxygen atoms in total. The van der Waals surface area contributed by atoms with Gasteiger partial charge in [0.05, 0.1) is 26.7 Å². The first-order chi connectivity index (χ1) is 15.4. The Hall–Kier alpha value is -3.62. The lowest BCUT2D eigenvalue weighted by atomic mass is 9.79. The van der Waals surface area contributed by atoms with Crippen LogP contribution in [0.1, 0.15) is 47.2 Å². The molecule has 1 aromatic carbocycles. The highest BCUT2D eigenvalue weighted by Crippen LogP contribution is 2.43. The number of nitrogens with zero attached hydrogens (tertiary/aromatic N) is 2. The van der Waals surface area contributed by atoms with Gasteiger partial charge in [-0.1, -0.05) is 6.92 Å². The van der Waals surface area contributed by atoms with Crippen molar-refractivity contribution in [1.29, 1.82) is 0 Å². The van der Waals surface area contributed by atoms with Crippen molar-refractivity contribution in [2.45, 2.75) is 38.6 Å². The number of hydrogen-bond acceptors (Lipinski definition) is 7. The third-order valence-electron chi connectivity index (χ3n) is 5.90. The second-order valence-electron chi connectivity index (χ2n) is 7.75. The monoisotopic (exact) mass is 439 g/mol. The van der Waals surface area contributed by atoms with Crippen molar-refractivity contribution in [3.05, 3.63) is 55.9 Å². The van der Waals surface area contributed by atoms with Gasteiger partial charge in [0.15, 0.2) is 17.3 Å². The molecule has 0 fully saturated rings. The number of hydrogen-bond donors (Lipinski definition) is 1. The number of pyridine rings is 1. The van der Waals surface area contributed by atoms with Crippen LogP contribution in [-0.2, 0) is 13.0 Å². The molecular weight excluding hydrogens is 414 g/mol. The predicted octanol–water partition coefficient (Wildman–Crippen LogP) is 2.43. The molecule has 1 aliphatic carbocycles. The van der Waals surface area contributed by atoms with Crippen molar-refractivity contribution in [3.63, 3.8) is 0 Å². The molecule has 0 saturated carbocycles. The Morgan fingerprint density at radius 3 is 2.34 bits per heavy atom. The van der Waals surface area contributed by atoms with Gasteiger partial charge in [0.25, 0.3) is 5.56 Å². The number of carbonyl (C=O) groups is 1. The summed E-state index contributed by atoms with van der Waals surface area (Å²) in [5, 5.41) is 0.293. The molecule has 32 heavy (non-hydrogen) atoms. The van der Waals surface area contributed by atoms with Gasteiger partial charge in [0.1, 0.15) is 5.65 Å². The number of nitrogens with one attached hydrogen (secondary N) is 1. The zero-order chi connectivity index (χ0) is 23.0. The van der Waals surface area contributed by atoms with Crippen LogP contribution in [0.15, 0.2) is 27.9 Å². The lowest BCUT2D eigenvalue weighted by Crippen LogP contribution is -2.33. The van der Waals surface area contributed by atoms with Crippen LogP contribution in [0.4, 0.5) is 0 Å². The van der Waals surface area contributed by atoms with Crippen molar-refractivity contribution in [1.82, 2.24) is 14.5 Å². The average molecular weight is 439 g/mol. The van der Waals surface area contributed by atoms with Crippen LogP contribution in [0.2, 0.25) is 0 Å². The van der Waals surface area contributed by atoms with E-state index < -0.39 is 11.2 Å². The van der Waals surface area contributed by atoms with E-state index in [1.807, 2.05) is 19.1 Å². The van der Waals surface area contributed by atoms with Crippen LogP contribution in [0, 0.1) is 0 Å². The van der Waals surface area contributed by atoms with Crippen LogP contribution in [0.3, 0.4) is 0 Å². The molecule has 0 radical (unpaired) electrons. The van der Waals surface area contributed by atoms with Crippen molar-refractivity contribution < 1.29 is 19.0 Å². The molecule has 0 bridgehead atoms. The molecule has 0 spiro atoms. The van der Waals surface area contributed by atoms with Gasteiger partial charge in [0.2, 0.25) is 5.75 Å². The van der Waals surface area contributed by atoms with Crippen LogP contribution in [0.25, 0.3) is 11.0 Å². The molecule has 3 aromatic rings. The maximum Gasteiger partial charge on any atom is 0.329 e. The van der Waals surface area contributed by atoms with E-state index in [0.29, 0.717) is 58.8 Å². The summed E-state index contributed by atoms with van der Waals surface area (Å²) in [5.74, 6) is 1.15. The number of benzene rings is 1. The lowest BCUT2D eigenvalue weighted by Gasteiger charge is -2.26. The number of aromatic amines is 1. The van der Waals surface area contributed by atoms with Gasteiger partial charge >= 0.3 is 5.69 Å². The number of ether oxygens (including phenoxy) is 3. The van der Waals surface area contributed by atoms with E-state index in [9.17, 15) is 14.4 Å². The van der Waals surface area contributed by atoms with Crippen molar-refractivity contribution >= 4 is 16.8 Å². The van der Waals surface area contributed by atoms with E-state index in [-0.39, 0.29) is 18.1 Å². The van der Waals surface area contributed by atoms with Gasteiger partial charge in [-0.15, -0.1) is 0 Å². The summed E-state index contributed by atoms with van der Waals surface area (Å²) in [4.78, 5) is 44.8. The van der Waals surface area contributed by atoms with Crippen molar-refractivity contribution in [2.75, 3.05) is 21.3 Å². The number of Topliss-reactive ketones (excluding diaryl/α,β-unsaturated/α-hetero) is 1. The molecular formula is C23H25N3O6. The maximum absolute atomic E-state index is 13.0. The second kappa shape index (κ2) is 8.49. The van der Waals surface area contributed by atoms with Crippen LogP contribution in [-0.4, -0.2) is 41.6 Å². The Kier molecular flexibility index (Phi) is 5.73. The SMILES string of the molecule is CCCn1c(=O)[nH]c(=O)c2c3c(cnc21)C(=O)C[C@@H](c1cc(OC)c(OC)c(OC)c1)C3. The number of fused-ring (bicyclic) bond motifs is 3. The molecule has 0 amide bonds. The molecule has 2 heterocycles. The Labute approximate surface area is 184 Å². The number of aromatic nitrogens is 3. The fourth-order valence-electron chi connectivity index (χ4n) is 4.41. The van der Waals surface area contributed by atoms with Gasteiger partial charge in [-0.3, -0.25) is 19.1 Å². The summed E-state index contributed by atoms with van der Waals surface area (Å²) in [6.07, 6.45) is 2.88. The highest BCUT2D eigenvalue weighted by Gasteiger charge is 2.31. The quantitative estimate of drug-likeness (QED) is 0.628. The molecule has 0 aliphatic heterocycles. The first-order valence-electron chi connectivity index (χ1n) is 10.4. The minimum atomic E-state index is -0.528.